The highest BCUT2D eigenvalue weighted by Gasteiger charge is 2.23. The van der Waals surface area contributed by atoms with Crippen molar-refractivity contribution in [3.63, 3.8) is 0 Å². The van der Waals surface area contributed by atoms with Gasteiger partial charge in [0.2, 0.25) is 5.91 Å². The molecule has 0 N–H and O–H groups in total. The fraction of sp³-hybridized carbons (Fsp3) is 0.588. The van der Waals surface area contributed by atoms with Gasteiger partial charge in [-0.25, -0.2) is 8.42 Å². The van der Waals surface area contributed by atoms with Crippen LogP contribution in [0.5, 0.6) is 0 Å². The van der Waals surface area contributed by atoms with Crippen molar-refractivity contribution in [1.82, 2.24) is 4.90 Å². The first-order valence-corrected chi connectivity index (χ1v) is 10.0. The zero-order valence-electron chi connectivity index (χ0n) is 13.8. The van der Waals surface area contributed by atoms with Gasteiger partial charge in [0.1, 0.15) is 9.84 Å². The van der Waals surface area contributed by atoms with Gasteiger partial charge in [0.25, 0.3) is 0 Å². The average Bonchev–Trinajstić information content (AvgIpc) is 2.96. The van der Waals surface area contributed by atoms with Crippen LogP contribution in [0.4, 0.5) is 0 Å². The highest BCUT2D eigenvalue weighted by atomic mass is 32.2. The lowest BCUT2D eigenvalue weighted by molar-refractivity contribution is -0.133. The summed E-state index contributed by atoms with van der Waals surface area (Å²) in [5.41, 5.74) is 2.19. The van der Waals surface area contributed by atoms with Crippen molar-refractivity contribution in [3.8, 4) is 0 Å². The van der Waals surface area contributed by atoms with E-state index in [4.69, 9.17) is 4.74 Å². The molecule has 1 aliphatic heterocycles. The zero-order chi connectivity index (χ0) is 16.9. The van der Waals surface area contributed by atoms with Gasteiger partial charge in [-0.1, -0.05) is 29.8 Å². The molecule has 0 aliphatic carbocycles. The Balaban J connectivity index is 2.05. The molecule has 1 aliphatic rings. The van der Waals surface area contributed by atoms with E-state index in [0.29, 0.717) is 13.1 Å². The van der Waals surface area contributed by atoms with E-state index in [-0.39, 0.29) is 24.2 Å². The number of aryl methyl sites for hydroxylation is 1. The predicted octanol–water partition coefficient (Wildman–Crippen LogP) is 1.94. The molecule has 0 radical (unpaired) electrons. The largest absolute Gasteiger partial charge is 0.376 e. The molecule has 2 rings (SSSR count). The van der Waals surface area contributed by atoms with Gasteiger partial charge < -0.3 is 9.64 Å². The molecule has 0 aromatic heterocycles. The first kappa shape index (κ1) is 17.9. The average molecular weight is 339 g/mol. The van der Waals surface area contributed by atoms with Crippen molar-refractivity contribution in [2.75, 3.05) is 25.2 Å². The minimum Gasteiger partial charge on any atom is -0.376 e. The Hall–Kier alpha value is -1.40. The number of hydrogen-bond acceptors (Lipinski definition) is 4. The number of nitrogens with zero attached hydrogens (tertiary/aromatic N) is 1. The third-order valence-electron chi connectivity index (χ3n) is 3.94. The molecule has 23 heavy (non-hydrogen) atoms. The van der Waals surface area contributed by atoms with Gasteiger partial charge in [-0.05, 0) is 25.3 Å². The molecular formula is C17H25NO4S. The highest BCUT2D eigenvalue weighted by molar-refractivity contribution is 7.90. The van der Waals surface area contributed by atoms with E-state index in [1.807, 2.05) is 31.2 Å². The lowest BCUT2D eigenvalue weighted by atomic mass is 10.1. The second-order valence-corrected chi connectivity index (χ2v) is 8.54. The fourth-order valence-corrected chi connectivity index (χ4v) is 3.30. The van der Waals surface area contributed by atoms with E-state index in [1.54, 1.807) is 4.90 Å². The number of rotatable bonds is 7. The smallest absolute Gasteiger partial charge is 0.223 e. The maximum atomic E-state index is 12.5. The summed E-state index contributed by atoms with van der Waals surface area (Å²) in [4.78, 5) is 14.2. The van der Waals surface area contributed by atoms with Crippen molar-refractivity contribution in [2.45, 2.75) is 38.8 Å². The molecular weight excluding hydrogens is 314 g/mol. The van der Waals surface area contributed by atoms with Gasteiger partial charge in [-0.2, -0.15) is 0 Å². The first-order valence-electron chi connectivity index (χ1n) is 7.96. The van der Waals surface area contributed by atoms with Gasteiger partial charge in [0, 0.05) is 32.4 Å². The zero-order valence-corrected chi connectivity index (χ0v) is 14.6. The summed E-state index contributed by atoms with van der Waals surface area (Å²) < 4.78 is 28.2. The minimum atomic E-state index is -3.14. The Kier molecular flexibility index (Phi) is 6.18. The van der Waals surface area contributed by atoms with Gasteiger partial charge in [0.15, 0.2) is 0 Å². The van der Waals surface area contributed by atoms with Crippen LogP contribution >= 0.6 is 0 Å². The lowest BCUT2D eigenvalue weighted by Gasteiger charge is -2.26. The summed E-state index contributed by atoms with van der Waals surface area (Å²) in [5, 5.41) is 0. The highest BCUT2D eigenvalue weighted by Crippen LogP contribution is 2.16. The summed E-state index contributed by atoms with van der Waals surface area (Å²) in [6.07, 6.45) is 3.20. The Morgan fingerprint density at radius 1 is 1.39 bits per heavy atom. The number of sulfone groups is 1. The number of hydrogen-bond donors (Lipinski definition) is 0. The van der Waals surface area contributed by atoms with Gasteiger partial charge in [-0.3, -0.25) is 4.79 Å². The molecule has 1 unspecified atom stereocenters. The third-order valence-corrected chi connectivity index (χ3v) is 4.89. The molecule has 1 amide bonds. The summed E-state index contributed by atoms with van der Waals surface area (Å²) in [6.45, 7) is 3.76. The van der Waals surface area contributed by atoms with Gasteiger partial charge in [-0.15, -0.1) is 0 Å². The normalized spacial score (nSPS) is 18.1. The van der Waals surface area contributed by atoms with Crippen LogP contribution in [0.3, 0.4) is 0 Å². The monoisotopic (exact) mass is 339 g/mol. The maximum Gasteiger partial charge on any atom is 0.223 e. The minimum absolute atomic E-state index is 0.0252. The van der Waals surface area contributed by atoms with Crippen LogP contribution in [0.25, 0.3) is 0 Å². The van der Waals surface area contributed by atoms with E-state index in [9.17, 15) is 13.2 Å². The Bertz CT molecular complexity index is 636. The fourth-order valence-electron chi connectivity index (χ4n) is 2.75. The van der Waals surface area contributed by atoms with Crippen LogP contribution in [0, 0.1) is 6.92 Å². The van der Waals surface area contributed by atoms with Crippen LogP contribution in [0.15, 0.2) is 24.3 Å². The molecule has 1 heterocycles. The van der Waals surface area contributed by atoms with Crippen molar-refractivity contribution in [1.29, 1.82) is 0 Å². The van der Waals surface area contributed by atoms with E-state index in [0.717, 1.165) is 36.8 Å². The van der Waals surface area contributed by atoms with E-state index in [1.165, 1.54) is 0 Å². The standard InChI is InChI=1S/C17H25NO4S/c1-14-5-3-6-15(11-14)12-18(13-16-7-4-9-22-16)17(19)8-10-23(2,20)21/h3,5-6,11,16H,4,7-10,12-13H2,1-2H3. The molecule has 1 fully saturated rings. The van der Waals surface area contributed by atoms with E-state index >= 15 is 0 Å². The van der Waals surface area contributed by atoms with E-state index in [2.05, 4.69) is 0 Å². The van der Waals surface area contributed by atoms with E-state index < -0.39 is 9.84 Å². The molecule has 6 heteroatoms. The third kappa shape index (κ3) is 6.31. The summed E-state index contributed by atoms with van der Waals surface area (Å²) in [7, 11) is -3.14. The van der Waals surface area contributed by atoms with Crippen LogP contribution < -0.4 is 0 Å². The van der Waals surface area contributed by atoms with Gasteiger partial charge >= 0.3 is 0 Å². The first-order chi connectivity index (χ1) is 10.8. The topological polar surface area (TPSA) is 63.7 Å². The van der Waals surface area contributed by atoms with Crippen molar-refractivity contribution in [2.24, 2.45) is 0 Å². The molecule has 5 nitrogen and oxygen atoms in total. The second kappa shape index (κ2) is 7.93. The van der Waals surface area contributed by atoms with Crippen molar-refractivity contribution >= 4 is 15.7 Å². The SMILES string of the molecule is Cc1cccc(CN(CC2CCCO2)C(=O)CCS(C)(=O)=O)c1. The number of amides is 1. The van der Waals surface area contributed by atoms with Crippen LogP contribution in [0.2, 0.25) is 0 Å². The molecule has 0 saturated carbocycles. The molecule has 0 spiro atoms. The quantitative estimate of drug-likeness (QED) is 0.761. The Morgan fingerprint density at radius 3 is 2.78 bits per heavy atom. The summed E-state index contributed by atoms with van der Waals surface area (Å²) >= 11 is 0. The van der Waals surface area contributed by atoms with Gasteiger partial charge in [0.05, 0.1) is 11.9 Å². The van der Waals surface area contributed by atoms with Crippen LogP contribution in [-0.2, 0) is 25.9 Å². The molecule has 1 saturated heterocycles. The summed E-state index contributed by atoms with van der Waals surface area (Å²) in [5.74, 6) is -0.241. The molecule has 1 aromatic rings. The number of carbonyl (C=O) groups is 1. The summed E-state index contributed by atoms with van der Waals surface area (Å²) in [6, 6.07) is 8.01. The van der Waals surface area contributed by atoms with Crippen molar-refractivity contribution < 1.29 is 17.9 Å². The molecule has 0 bridgehead atoms. The maximum absolute atomic E-state index is 12.5. The molecule has 1 aromatic carbocycles. The Labute approximate surface area is 138 Å². The number of ether oxygens (including phenoxy) is 1. The predicted molar refractivity (Wildman–Crippen MR) is 89.9 cm³/mol. The second-order valence-electron chi connectivity index (χ2n) is 6.28. The Morgan fingerprint density at radius 2 is 2.17 bits per heavy atom. The number of benzene rings is 1. The lowest BCUT2D eigenvalue weighted by Crippen LogP contribution is -2.37. The van der Waals surface area contributed by atoms with Crippen LogP contribution in [0.1, 0.15) is 30.4 Å². The van der Waals surface area contributed by atoms with Crippen molar-refractivity contribution in [3.05, 3.63) is 35.4 Å². The van der Waals surface area contributed by atoms with Crippen LogP contribution in [-0.4, -0.2) is 50.5 Å². The molecule has 128 valence electrons. The number of carbonyl (C=O) groups excluding carboxylic acids is 1. The molecule has 1 atom stereocenters.